The van der Waals surface area contributed by atoms with Gasteiger partial charge in [0.25, 0.3) is 21.6 Å². The number of carbonyl (C=O) groups is 1. The van der Waals surface area contributed by atoms with Gasteiger partial charge in [0.15, 0.2) is 0 Å². The zero-order chi connectivity index (χ0) is 20.2. The third-order valence-corrected chi connectivity index (χ3v) is 4.60. The highest BCUT2D eigenvalue weighted by molar-refractivity contribution is 7.92. The Balaban J connectivity index is 2.26. The van der Waals surface area contributed by atoms with E-state index in [-0.39, 0.29) is 21.8 Å². The number of para-hydroxylation sites is 1. The van der Waals surface area contributed by atoms with Gasteiger partial charge in [-0.05, 0) is 24.3 Å². The van der Waals surface area contributed by atoms with Crippen LogP contribution in [0.1, 0.15) is 10.4 Å². The number of nitro groups is 1. The van der Waals surface area contributed by atoms with Crippen molar-refractivity contribution in [1.29, 1.82) is 0 Å². The maximum absolute atomic E-state index is 12.4. The summed E-state index contributed by atoms with van der Waals surface area (Å²) in [6.07, 6.45) is -4.62. The molecule has 0 atom stereocenters. The van der Waals surface area contributed by atoms with Gasteiger partial charge >= 0.3 is 6.18 Å². The summed E-state index contributed by atoms with van der Waals surface area (Å²) in [5.41, 5.74) is -0.872. The highest BCUT2D eigenvalue weighted by Gasteiger charge is 2.28. The Morgan fingerprint density at radius 1 is 1.07 bits per heavy atom. The van der Waals surface area contributed by atoms with Crippen molar-refractivity contribution in [3.05, 3.63) is 64.2 Å². The lowest BCUT2D eigenvalue weighted by molar-refractivity contribution is -0.384. The minimum Gasteiger partial charge on any atom is -0.343 e. The number of non-ortho nitro benzene ring substituents is 1. The van der Waals surface area contributed by atoms with Crippen LogP contribution in [0.25, 0.3) is 0 Å². The Morgan fingerprint density at radius 2 is 1.67 bits per heavy atom. The van der Waals surface area contributed by atoms with Gasteiger partial charge in [0.1, 0.15) is 6.54 Å². The molecule has 0 aliphatic heterocycles. The number of hydrogen-bond acceptors (Lipinski definition) is 5. The molecule has 0 fully saturated rings. The van der Waals surface area contributed by atoms with Crippen LogP contribution in [0.15, 0.2) is 53.4 Å². The fourth-order valence-corrected chi connectivity index (χ4v) is 3.08. The molecule has 2 N–H and O–H groups in total. The molecule has 0 aliphatic rings. The van der Waals surface area contributed by atoms with Gasteiger partial charge in [-0.2, -0.15) is 13.2 Å². The van der Waals surface area contributed by atoms with E-state index in [2.05, 4.69) is 4.72 Å². The minimum atomic E-state index is -4.62. The predicted octanol–water partition coefficient (Wildman–Crippen LogP) is 2.69. The molecule has 1 amide bonds. The van der Waals surface area contributed by atoms with Crippen molar-refractivity contribution in [3.8, 4) is 0 Å². The molecule has 0 saturated carbocycles. The van der Waals surface area contributed by atoms with Crippen LogP contribution in [0.3, 0.4) is 0 Å². The third-order valence-electron chi connectivity index (χ3n) is 3.22. The Morgan fingerprint density at radius 3 is 2.22 bits per heavy atom. The number of halogens is 3. The quantitative estimate of drug-likeness (QED) is 0.568. The largest absolute Gasteiger partial charge is 0.405 e. The molecular formula is C15H12F3N3O5S. The van der Waals surface area contributed by atoms with Gasteiger partial charge in [-0.25, -0.2) is 8.42 Å². The van der Waals surface area contributed by atoms with Crippen LogP contribution in [0, 0.1) is 10.1 Å². The first kappa shape index (κ1) is 20.2. The fraction of sp³-hybridized carbons (Fsp3) is 0.133. The first-order valence-corrected chi connectivity index (χ1v) is 8.69. The fourth-order valence-electron chi connectivity index (χ4n) is 2.00. The summed E-state index contributed by atoms with van der Waals surface area (Å²) in [6.45, 7) is -1.57. The molecule has 2 rings (SSSR count). The van der Waals surface area contributed by atoms with Crippen LogP contribution >= 0.6 is 0 Å². The summed E-state index contributed by atoms with van der Waals surface area (Å²) in [4.78, 5) is 21.5. The van der Waals surface area contributed by atoms with E-state index in [0.717, 1.165) is 30.3 Å². The normalized spacial score (nSPS) is 11.7. The Labute approximate surface area is 151 Å². The van der Waals surface area contributed by atoms with E-state index in [0.29, 0.717) is 0 Å². The van der Waals surface area contributed by atoms with Crippen molar-refractivity contribution in [2.75, 3.05) is 11.3 Å². The molecular weight excluding hydrogens is 391 g/mol. The van der Waals surface area contributed by atoms with Crippen molar-refractivity contribution in [1.82, 2.24) is 5.32 Å². The number of carbonyl (C=O) groups excluding carboxylic acids is 1. The van der Waals surface area contributed by atoms with Crippen molar-refractivity contribution in [3.63, 3.8) is 0 Å². The summed E-state index contributed by atoms with van der Waals surface area (Å²) >= 11 is 0. The zero-order valence-corrected chi connectivity index (χ0v) is 14.2. The number of alkyl halides is 3. The Kier molecular flexibility index (Phi) is 5.69. The van der Waals surface area contributed by atoms with Gasteiger partial charge in [0.05, 0.1) is 21.1 Å². The molecule has 144 valence electrons. The second kappa shape index (κ2) is 7.61. The van der Waals surface area contributed by atoms with Crippen molar-refractivity contribution in [2.24, 2.45) is 0 Å². The molecule has 0 saturated heterocycles. The first-order valence-electron chi connectivity index (χ1n) is 7.21. The predicted molar refractivity (Wildman–Crippen MR) is 88.7 cm³/mol. The average molecular weight is 403 g/mol. The zero-order valence-electron chi connectivity index (χ0n) is 13.4. The van der Waals surface area contributed by atoms with Crippen LogP contribution in [0.5, 0.6) is 0 Å². The number of rotatable bonds is 6. The van der Waals surface area contributed by atoms with Gasteiger partial charge in [-0.3, -0.25) is 19.6 Å². The number of nitro benzene ring substituents is 1. The Hall–Kier alpha value is -3.15. The summed E-state index contributed by atoms with van der Waals surface area (Å²) in [5.74, 6) is -1.12. The molecule has 27 heavy (non-hydrogen) atoms. The lowest BCUT2D eigenvalue weighted by Gasteiger charge is -2.13. The topological polar surface area (TPSA) is 118 Å². The molecule has 0 unspecified atom stereocenters. The van der Waals surface area contributed by atoms with Crippen molar-refractivity contribution in [2.45, 2.75) is 11.1 Å². The molecule has 0 bridgehead atoms. The van der Waals surface area contributed by atoms with Crippen molar-refractivity contribution < 1.29 is 31.3 Å². The van der Waals surface area contributed by atoms with Gasteiger partial charge < -0.3 is 5.32 Å². The van der Waals surface area contributed by atoms with Crippen LogP contribution < -0.4 is 10.0 Å². The molecule has 12 heteroatoms. The average Bonchev–Trinajstić information content (AvgIpc) is 2.59. The number of sulfonamides is 1. The van der Waals surface area contributed by atoms with Crippen molar-refractivity contribution >= 4 is 27.3 Å². The van der Waals surface area contributed by atoms with Crippen LogP contribution in [-0.2, 0) is 10.0 Å². The van der Waals surface area contributed by atoms with E-state index in [1.165, 1.54) is 18.2 Å². The summed E-state index contributed by atoms with van der Waals surface area (Å²) in [7, 11) is -4.23. The van der Waals surface area contributed by atoms with E-state index >= 15 is 0 Å². The van der Waals surface area contributed by atoms with Gasteiger partial charge in [0, 0.05) is 12.1 Å². The van der Waals surface area contributed by atoms with Crippen LogP contribution in [-0.4, -0.2) is 32.0 Å². The maximum atomic E-state index is 12.4. The van der Waals surface area contributed by atoms with Crippen LogP contribution in [0.2, 0.25) is 0 Å². The third kappa shape index (κ3) is 5.41. The van der Waals surface area contributed by atoms with E-state index in [9.17, 15) is 36.5 Å². The van der Waals surface area contributed by atoms with E-state index < -0.39 is 33.6 Å². The van der Waals surface area contributed by atoms with Gasteiger partial charge in [0.2, 0.25) is 0 Å². The molecule has 8 nitrogen and oxygen atoms in total. The number of anilines is 1. The highest BCUT2D eigenvalue weighted by Crippen LogP contribution is 2.22. The SMILES string of the molecule is O=C(NCC(F)(F)F)c1ccccc1NS(=O)(=O)c1ccc([N+](=O)[O-])cc1. The Bertz CT molecular complexity index is 959. The molecule has 2 aromatic rings. The van der Waals surface area contributed by atoms with Gasteiger partial charge in [-0.1, -0.05) is 12.1 Å². The number of benzene rings is 2. The van der Waals surface area contributed by atoms with E-state index in [1.807, 2.05) is 0 Å². The van der Waals surface area contributed by atoms with E-state index in [1.54, 1.807) is 5.32 Å². The summed E-state index contributed by atoms with van der Waals surface area (Å²) in [5, 5.41) is 12.3. The molecule has 0 aliphatic carbocycles. The maximum Gasteiger partial charge on any atom is 0.405 e. The number of nitrogens with zero attached hydrogens (tertiary/aromatic N) is 1. The molecule has 2 aromatic carbocycles. The molecule has 0 radical (unpaired) electrons. The van der Waals surface area contributed by atoms with E-state index in [4.69, 9.17) is 0 Å². The lowest BCUT2D eigenvalue weighted by atomic mass is 10.1. The van der Waals surface area contributed by atoms with Crippen LogP contribution in [0.4, 0.5) is 24.5 Å². The summed E-state index contributed by atoms with van der Waals surface area (Å²) < 4.78 is 63.6. The summed E-state index contributed by atoms with van der Waals surface area (Å²) in [6, 6.07) is 9.04. The second-order valence-corrected chi connectivity index (χ2v) is 6.88. The molecule has 0 aromatic heterocycles. The minimum absolute atomic E-state index is 0.240. The standard InChI is InChI=1S/C15H12F3N3O5S/c16-15(17,18)9-19-14(22)12-3-1-2-4-13(12)20-27(25,26)11-7-5-10(6-8-11)21(23)24/h1-8,20H,9H2,(H,19,22). The number of amides is 1. The molecule has 0 heterocycles. The lowest BCUT2D eigenvalue weighted by Crippen LogP contribution is -2.34. The smallest absolute Gasteiger partial charge is 0.343 e. The highest BCUT2D eigenvalue weighted by atomic mass is 32.2. The number of nitrogens with one attached hydrogen (secondary N) is 2. The second-order valence-electron chi connectivity index (χ2n) is 5.20. The molecule has 0 spiro atoms. The van der Waals surface area contributed by atoms with Gasteiger partial charge in [-0.15, -0.1) is 0 Å². The number of hydrogen-bond donors (Lipinski definition) is 2. The first-order chi connectivity index (χ1) is 12.5. The monoisotopic (exact) mass is 403 g/mol.